The molecule has 2 aromatic carbocycles. The van der Waals surface area contributed by atoms with Gasteiger partial charge in [-0.25, -0.2) is 17.5 Å². The van der Waals surface area contributed by atoms with Crippen molar-refractivity contribution in [3.63, 3.8) is 0 Å². The van der Waals surface area contributed by atoms with Crippen LogP contribution in [0.15, 0.2) is 47.5 Å². The number of benzene rings is 2. The molecule has 0 atom stereocenters. The van der Waals surface area contributed by atoms with E-state index in [1.165, 1.54) is 18.9 Å². The SMILES string of the molecule is Cn1ccc2cc(C(=O)Nc3ccc(S(=O)(=O)NCCO)cc3N3CCC4(CC3)CC4)cc(N3CCC(F)CC3)c21. The van der Waals surface area contributed by atoms with E-state index in [-0.39, 0.29) is 24.0 Å². The van der Waals surface area contributed by atoms with Crippen molar-refractivity contribution in [1.29, 1.82) is 0 Å². The van der Waals surface area contributed by atoms with Crippen molar-refractivity contribution >= 4 is 43.9 Å². The van der Waals surface area contributed by atoms with E-state index < -0.39 is 16.2 Å². The van der Waals surface area contributed by atoms with Gasteiger partial charge in [-0.15, -0.1) is 0 Å². The van der Waals surface area contributed by atoms with Crippen LogP contribution in [0.5, 0.6) is 0 Å². The molecule has 1 aromatic heterocycles. The van der Waals surface area contributed by atoms with Gasteiger partial charge in [-0.1, -0.05) is 0 Å². The van der Waals surface area contributed by atoms with E-state index in [2.05, 4.69) is 19.8 Å². The van der Waals surface area contributed by atoms with Gasteiger partial charge in [0.2, 0.25) is 10.0 Å². The maximum Gasteiger partial charge on any atom is 0.255 e. The molecule has 0 unspecified atom stereocenters. The zero-order valence-electron chi connectivity index (χ0n) is 23.4. The second-order valence-electron chi connectivity index (χ2n) is 11.8. The number of carbonyl (C=O) groups is 1. The van der Waals surface area contributed by atoms with Crippen LogP contribution >= 0.6 is 0 Å². The van der Waals surface area contributed by atoms with E-state index in [0.29, 0.717) is 48.3 Å². The minimum absolute atomic E-state index is 0.0737. The highest BCUT2D eigenvalue weighted by molar-refractivity contribution is 7.89. The second-order valence-corrected chi connectivity index (χ2v) is 13.5. The number of piperidine rings is 2. The summed E-state index contributed by atoms with van der Waals surface area (Å²) in [6.07, 6.45) is 6.68. The topological polar surface area (TPSA) is 107 Å². The number of aryl methyl sites for hydroxylation is 1. The molecule has 11 heteroatoms. The smallest absolute Gasteiger partial charge is 0.255 e. The normalized spacial score (nSPS) is 19.2. The Hall–Kier alpha value is -3.15. The number of nitrogens with zero attached hydrogens (tertiary/aromatic N) is 3. The van der Waals surface area contributed by atoms with E-state index in [1.54, 1.807) is 12.1 Å². The Morgan fingerprint density at radius 1 is 1.00 bits per heavy atom. The van der Waals surface area contributed by atoms with E-state index in [1.807, 2.05) is 36.0 Å². The molecule has 41 heavy (non-hydrogen) atoms. The standard InChI is InChI=1S/C30H38FN5O4S/c1-34-12-4-21-18-22(19-27(28(21)34)35-13-5-23(31)6-14-35)29(38)33-25-3-2-24(41(39,40)32-11-17-37)20-26(25)36-15-9-30(7-8-30)10-16-36/h2-4,12,18-20,23,32,37H,5-11,13-17H2,1H3,(H,33,38). The quantitative estimate of drug-likeness (QED) is 0.370. The Morgan fingerprint density at radius 3 is 2.39 bits per heavy atom. The van der Waals surface area contributed by atoms with Gasteiger partial charge in [0, 0.05) is 56.9 Å². The van der Waals surface area contributed by atoms with Gasteiger partial charge in [0.25, 0.3) is 5.91 Å². The van der Waals surface area contributed by atoms with Gasteiger partial charge in [-0.3, -0.25) is 4.79 Å². The highest BCUT2D eigenvalue weighted by atomic mass is 32.2. The Morgan fingerprint density at radius 2 is 1.71 bits per heavy atom. The first-order valence-electron chi connectivity index (χ1n) is 14.5. The summed E-state index contributed by atoms with van der Waals surface area (Å²) < 4.78 is 44.1. The summed E-state index contributed by atoms with van der Waals surface area (Å²) in [4.78, 5) is 18.2. The number of rotatable bonds is 8. The molecular weight excluding hydrogens is 545 g/mol. The largest absolute Gasteiger partial charge is 0.395 e. The van der Waals surface area contributed by atoms with Crippen LogP contribution < -0.4 is 19.8 Å². The van der Waals surface area contributed by atoms with Gasteiger partial charge in [0.05, 0.1) is 34.1 Å². The maximum atomic E-state index is 13.9. The van der Waals surface area contributed by atoms with Crippen LogP contribution in [-0.2, 0) is 17.1 Å². The summed E-state index contributed by atoms with van der Waals surface area (Å²) in [5.74, 6) is -0.289. The fourth-order valence-electron chi connectivity index (χ4n) is 6.28. The van der Waals surface area contributed by atoms with Crippen LogP contribution in [0.25, 0.3) is 10.9 Å². The van der Waals surface area contributed by atoms with Gasteiger partial charge in [0.1, 0.15) is 6.17 Å². The van der Waals surface area contributed by atoms with Gasteiger partial charge >= 0.3 is 0 Å². The highest BCUT2D eigenvalue weighted by Crippen LogP contribution is 2.54. The van der Waals surface area contributed by atoms with Crippen LogP contribution in [0.2, 0.25) is 0 Å². The fourth-order valence-corrected chi connectivity index (χ4v) is 7.32. The molecule has 6 rings (SSSR count). The summed E-state index contributed by atoms with van der Waals surface area (Å²) in [5.41, 5.74) is 4.07. The molecule has 1 aliphatic carbocycles. The molecule has 9 nitrogen and oxygen atoms in total. The molecular formula is C30H38FN5O4S. The number of halogens is 1. The lowest BCUT2D eigenvalue weighted by atomic mass is 9.93. The number of sulfonamides is 1. The Bertz CT molecular complexity index is 1550. The Balaban J connectivity index is 1.32. The fraction of sp³-hybridized carbons (Fsp3) is 0.500. The predicted octanol–water partition coefficient (Wildman–Crippen LogP) is 4.02. The average Bonchev–Trinajstić information content (AvgIpc) is 3.62. The summed E-state index contributed by atoms with van der Waals surface area (Å²) >= 11 is 0. The Kier molecular flexibility index (Phi) is 7.46. The van der Waals surface area contributed by atoms with Crippen LogP contribution in [-0.4, -0.2) is 69.5 Å². The van der Waals surface area contributed by atoms with Crippen LogP contribution in [0, 0.1) is 5.41 Å². The number of aromatic nitrogens is 1. The van der Waals surface area contributed by atoms with Crippen LogP contribution in [0.3, 0.4) is 0 Å². The Labute approximate surface area is 240 Å². The second kappa shape index (κ2) is 10.9. The lowest BCUT2D eigenvalue weighted by Gasteiger charge is -2.35. The number of aliphatic hydroxyl groups is 1. The summed E-state index contributed by atoms with van der Waals surface area (Å²) in [6, 6.07) is 10.5. The third-order valence-electron chi connectivity index (χ3n) is 9.03. The van der Waals surface area contributed by atoms with Gasteiger partial charge in [-0.05, 0) is 80.3 Å². The monoisotopic (exact) mass is 583 g/mol. The van der Waals surface area contributed by atoms with Crippen molar-refractivity contribution in [2.45, 2.75) is 49.6 Å². The van der Waals surface area contributed by atoms with E-state index in [4.69, 9.17) is 5.11 Å². The number of alkyl halides is 1. The molecule has 2 aliphatic heterocycles. The number of fused-ring (bicyclic) bond motifs is 1. The van der Waals surface area contributed by atoms with Crippen molar-refractivity contribution in [2.75, 3.05) is 54.4 Å². The third kappa shape index (κ3) is 5.67. The van der Waals surface area contributed by atoms with Gasteiger partial charge < -0.3 is 24.8 Å². The summed E-state index contributed by atoms with van der Waals surface area (Å²) in [6.45, 7) is 2.40. The summed E-state index contributed by atoms with van der Waals surface area (Å²) in [5, 5.41) is 13.1. The lowest BCUT2D eigenvalue weighted by molar-refractivity contribution is 0.102. The maximum absolute atomic E-state index is 13.9. The molecule has 2 saturated heterocycles. The number of hydrogen-bond acceptors (Lipinski definition) is 6. The van der Waals surface area contributed by atoms with E-state index >= 15 is 0 Å². The molecule has 3 heterocycles. The molecule has 1 saturated carbocycles. The predicted molar refractivity (Wildman–Crippen MR) is 159 cm³/mol. The minimum atomic E-state index is -3.82. The number of anilines is 3. The number of hydrogen-bond donors (Lipinski definition) is 3. The van der Waals surface area contributed by atoms with Crippen molar-refractivity contribution in [1.82, 2.24) is 9.29 Å². The third-order valence-corrected chi connectivity index (χ3v) is 10.5. The minimum Gasteiger partial charge on any atom is -0.395 e. The molecule has 0 bridgehead atoms. The number of aliphatic hydroxyl groups excluding tert-OH is 1. The number of nitrogens with one attached hydrogen (secondary N) is 2. The molecule has 1 amide bonds. The highest BCUT2D eigenvalue weighted by Gasteiger charge is 2.44. The van der Waals surface area contributed by atoms with E-state index in [0.717, 1.165) is 42.5 Å². The summed E-state index contributed by atoms with van der Waals surface area (Å²) in [7, 11) is -1.85. The van der Waals surface area contributed by atoms with Crippen molar-refractivity contribution in [3.8, 4) is 0 Å². The van der Waals surface area contributed by atoms with Gasteiger partial charge in [0.15, 0.2) is 0 Å². The van der Waals surface area contributed by atoms with Crippen molar-refractivity contribution < 1.29 is 22.7 Å². The van der Waals surface area contributed by atoms with Crippen LogP contribution in [0.1, 0.15) is 48.9 Å². The molecule has 220 valence electrons. The molecule has 3 aliphatic rings. The number of carbonyl (C=O) groups excluding carboxylic acids is 1. The zero-order valence-corrected chi connectivity index (χ0v) is 24.2. The molecule has 3 N–H and O–H groups in total. The van der Waals surface area contributed by atoms with Crippen molar-refractivity contribution in [3.05, 3.63) is 48.2 Å². The first-order chi connectivity index (χ1) is 19.7. The molecule has 1 spiro atoms. The zero-order chi connectivity index (χ0) is 28.8. The van der Waals surface area contributed by atoms with Gasteiger partial charge in [-0.2, -0.15) is 0 Å². The molecule has 0 radical (unpaired) electrons. The van der Waals surface area contributed by atoms with Crippen LogP contribution in [0.4, 0.5) is 21.5 Å². The van der Waals surface area contributed by atoms with E-state index in [9.17, 15) is 17.6 Å². The average molecular weight is 584 g/mol. The molecule has 3 aromatic rings. The number of amides is 1. The first-order valence-corrected chi connectivity index (χ1v) is 16.0. The lowest BCUT2D eigenvalue weighted by Crippen LogP contribution is -2.35. The molecule has 3 fully saturated rings. The van der Waals surface area contributed by atoms with Crippen molar-refractivity contribution in [2.24, 2.45) is 12.5 Å². The first kappa shape index (κ1) is 28.0.